The average molecular weight is 234 g/mol. The number of rotatable bonds is 1. The second-order valence-corrected chi connectivity index (χ2v) is 4.78. The van der Waals surface area contributed by atoms with Crippen LogP contribution in [-0.2, 0) is 0 Å². The van der Waals surface area contributed by atoms with Gasteiger partial charge in [-0.2, -0.15) is 0 Å². The van der Waals surface area contributed by atoms with Gasteiger partial charge in [-0.15, -0.1) is 0 Å². The Balaban J connectivity index is 2.27. The fourth-order valence-electron chi connectivity index (χ4n) is 2.55. The zero-order chi connectivity index (χ0) is 12.4. The van der Waals surface area contributed by atoms with Crippen molar-refractivity contribution in [1.82, 2.24) is 9.88 Å². The van der Waals surface area contributed by atoms with E-state index in [1.165, 1.54) is 18.7 Å². The van der Waals surface area contributed by atoms with Crippen LogP contribution >= 0.6 is 0 Å². The molecule has 92 valence electrons. The highest BCUT2D eigenvalue weighted by Gasteiger charge is 2.29. The van der Waals surface area contributed by atoms with E-state index >= 15 is 0 Å². The minimum absolute atomic E-state index is 0.0317. The SMILES string of the molecule is CC1CCCC(C)N1C(=O)c1cc[nH]c(=O)c1. The van der Waals surface area contributed by atoms with E-state index < -0.39 is 0 Å². The summed E-state index contributed by atoms with van der Waals surface area (Å²) in [7, 11) is 0. The summed E-state index contributed by atoms with van der Waals surface area (Å²) in [5, 5.41) is 0. The van der Waals surface area contributed by atoms with E-state index in [4.69, 9.17) is 0 Å². The number of carbonyl (C=O) groups is 1. The third kappa shape index (κ3) is 2.40. The lowest BCUT2D eigenvalue weighted by atomic mass is 9.96. The molecule has 1 fully saturated rings. The van der Waals surface area contributed by atoms with Crippen molar-refractivity contribution < 1.29 is 4.79 Å². The van der Waals surface area contributed by atoms with Crippen LogP contribution in [0.5, 0.6) is 0 Å². The molecule has 1 amide bonds. The molecule has 1 saturated heterocycles. The lowest BCUT2D eigenvalue weighted by molar-refractivity contribution is 0.0510. The smallest absolute Gasteiger partial charge is 0.254 e. The Kier molecular flexibility index (Phi) is 3.31. The van der Waals surface area contributed by atoms with Crippen LogP contribution in [0.2, 0.25) is 0 Å². The molecule has 1 N–H and O–H groups in total. The Labute approximate surface area is 101 Å². The quantitative estimate of drug-likeness (QED) is 0.805. The van der Waals surface area contributed by atoms with Gasteiger partial charge in [-0.1, -0.05) is 0 Å². The fourth-order valence-corrected chi connectivity index (χ4v) is 2.55. The van der Waals surface area contributed by atoms with Gasteiger partial charge in [0.05, 0.1) is 0 Å². The topological polar surface area (TPSA) is 53.2 Å². The maximum absolute atomic E-state index is 12.3. The standard InChI is InChI=1S/C13H18N2O2/c1-9-4-3-5-10(2)15(9)13(17)11-6-7-14-12(16)8-11/h6-10H,3-5H2,1-2H3,(H,14,16). The molecule has 1 aromatic heterocycles. The number of amides is 1. The molecule has 1 aromatic rings. The zero-order valence-corrected chi connectivity index (χ0v) is 10.3. The number of H-pyrrole nitrogens is 1. The summed E-state index contributed by atoms with van der Waals surface area (Å²) < 4.78 is 0. The minimum atomic E-state index is -0.229. The first-order valence-corrected chi connectivity index (χ1v) is 6.11. The van der Waals surface area contributed by atoms with Crippen molar-refractivity contribution in [2.45, 2.75) is 45.2 Å². The zero-order valence-electron chi connectivity index (χ0n) is 10.3. The van der Waals surface area contributed by atoms with E-state index in [0.29, 0.717) is 5.56 Å². The first kappa shape index (κ1) is 11.9. The number of pyridine rings is 1. The maximum Gasteiger partial charge on any atom is 0.254 e. The van der Waals surface area contributed by atoms with Crippen LogP contribution in [0.4, 0.5) is 0 Å². The molecule has 0 aromatic carbocycles. The molecule has 4 heteroatoms. The first-order valence-electron chi connectivity index (χ1n) is 6.11. The van der Waals surface area contributed by atoms with Crippen molar-refractivity contribution in [2.75, 3.05) is 0 Å². The molecule has 17 heavy (non-hydrogen) atoms. The van der Waals surface area contributed by atoms with E-state index in [-0.39, 0.29) is 23.6 Å². The summed E-state index contributed by atoms with van der Waals surface area (Å²) in [6.07, 6.45) is 4.77. The summed E-state index contributed by atoms with van der Waals surface area (Å²) in [5.41, 5.74) is 0.252. The molecule has 0 aliphatic carbocycles. The van der Waals surface area contributed by atoms with Crippen LogP contribution in [0.1, 0.15) is 43.5 Å². The number of likely N-dealkylation sites (tertiary alicyclic amines) is 1. The van der Waals surface area contributed by atoms with Crippen molar-refractivity contribution >= 4 is 5.91 Å². The van der Waals surface area contributed by atoms with Crippen molar-refractivity contribution in [3.63, 3.8) is 0 Å². The number of nitrogens with zero attached hydrogens (tertiary/aromatic N) is 1. The predicted octanol–water partition coefficient (Wildman–Crippen LogP) is 1.78. The molecule has 2 unspecified atom stereocenters. The van der Waals surface area contributed by atoms with Gasteiger partial charge >= 0.3 is 0 Å². The van der Waals surface area contributed by atoms with Crippen molar-refractivity contribution in [3.05, 3.63) is 34.2 Å². The van der Waals surface area contributed by atoms with Crippen LogP contribution in [0.25, 0.3) is 0 Å². The number of aromatic nitrogens is 1. The fraction of sp³-hybridized carbons (Fsp3) is 0.538. The molecule has 1 aliphatic rings. The van der Waals surface area contributed by atoms with Gasteiger partial charge in [0.25, 0.3) is 5.91 Å². The number of aromatic amines is 1. The predicted molar refractivity (Wildman–Crippen MR) is 66.0 cm³/mol. The highest BCUT2D eigenvalue weighted by Crippen LogP contribution is 2.24. The molecule has 0 bridgehead atoms. The van der Waals surface area contributed by atoms with E-state index in [1.54, 1.807) is 6.07 Å². The maximum atomic E-state index is 12.3. The van der Waals surface area contributed by atoms with Crippen LogP contribution in [-0.4, -0.2) is 27.9 Å². The summed E-state index contributed by atoms with van der Waals surface area (Å²) in [6, 6.07) is 3.55. The van der Waals surface area contributed by atoms with E-state index in [9.17, 15) is 9.59 Å². The van der Waals surface area contributed by atoms with Gasteiger partial charge in [0.15, 0.2) is 0 Å². The number of piperidine rings is 1. The highest BCUT2D eigenvalue weighted by atomic mass is 16.2. The van der Waals surface area contributed by atoms with Gasteiger partial charge < -0.3 is 9.88 Å². The normalized spacial score (nSPS) is 24.7. The minimum Gasteiger partial charge on any atom is -0.333 e. The summed E-state index contributed by atoms with van der Waals surface area (Å²) in [5.74, 6) is -0.0317. The summed E-state index contributed by atoms with van der Waals surface area (Å²) in [4.78, 5) is 28.0. The van der Waals surface area contributed by atoms with Crippen LogP contribution in [0, 0.1) is 0 Å². The molecule has 0 radical (unpaired) electrons. The number of hydrogen-bond acceptors (Lipinski definition) is 2. The van der Waals surface area contributed by atoms with Gasteiger partial charge in [-0.3, -0.25) is 9.59 Å². The molecule has 4 nitrogen and oxygen atoms in total. The molecular formula is C13H18N2O2. The van der Waals surface area contributed by atoms with Crippen molar-refractivity contribution in [2.24, 2.45) is 0 Å². The third-order valence-electron chi connectivity index (χ3n) is 3.45. The lowest BCUT2D eigenvalue weighted by Gasteiger charge is -2.39. The Hall–Kier alpha value is -1.58. The summed E-state index contributed by atoms with van der Waals surface area (Å²) >= 11 is 0. The third-order valence-corrected chi connectivity index (χ3v) is 3.45. The van der Waals surface area contributed by atoms with E-state index in [0.717, 1.165) is 12.8 Å². The van der Waals surface area contributed by atoms with Crippen molar-refractivity contribution in [1.29, 1.82) is 0 Å². The lowest BCUT2D eigenvalue weighted by Crippen LogP contribution is -2.47. The first-order chi connectivity index (χ1) is 8.09. The van der Waals surface area contributed by atoms with Crippen LogP contribution < -0.4 is 5.56 Å². The Bertz CT molecular complexity index is 456. The molecular weight excluding hydrogens is 216 g/mol. The van der Waals surface area contributed by atoms with Crippen LogP contribution in [0.3, 0.4) is 0 Å². The Morgan fingerprint density at radius 1 is 1.35 bits per heavy atom. The van der Waals surface area contributed by atoms with Gasteiger partial charge in [-0.25, -0.2) is 0 Å². The molecule has 2 heterocycles. The number of hydrogen-bond donors (Lipinski definition) is 1. The largest absolute Gasteiger partial charge is 0.333 e. The Morgan fingerprint density at radius 2 is 2.00 bits per heavy atom. The second kappa shape index (κ2) is 4.73. The van der Waals surface area contributed by atoms with Gasteiger partial charge in [0, 0.05) is 29.9 Å². The van der Waals surface area contributed by atoms with E-state index in [1.807, 2.05) is 4.90 Å². The number of nitrogens with one attached hydrogen (secondary N) is 1. The van der Waals surface area contributed by atoms with Crippen molar-refractivity contribution in [3.8, 4) is 0 Å². The van der Waals surface area contributed by atoms with E-state index in [2.05, 4.69) is 18.8 Å². The van der Waals surface area contributed by atoms with Crippen LogP contribution in [0.15, 0.2) is 23.1 Å². The monoisotopic (exact) mass is 234 g/mol. The number of carbonyl (C=O) groups excluding carboxylic acids is 1. The molecule has 0 spiro atoms. The molecule has 2 rings (SSSR count). The Morgan fingerprint density at radius 3 is 2.59 bits per heavy atom. The average Bonchev–Trinajstić information content (AvgIpc) is 2.28. The molecule has 2 atom stereocenters. The highest BCUT2D eigenvalue weighted by molar-refractivity contribution is 5.94. The molecule has 0 saturated carbocycles. The molecule has 1 aliphatic heterocycles. The van der Waals surface area contributed by atoms with Gasteiger partial charge in [-0.05, 0) is 39.2 Å². The summed E-state index contributed by atoms with van der Waals surface area (Å²) in [6.45, 7) is 4.14. The van der Waals surface area contributed by atoms with Gasteiger partial charge in [0.1, 0.15) is 0 Å². The second-order valence-electron chi connectivity index (χ2n) is 4.78. The van der Waals surface area contributed by atoms with Gasteiger partial charge in [0.2, 0.25) is 5.56 Å².